The predicted octanol–water partition coefficient (Wildman–Crippen LogP) is 8.87. The molecule has 0 aliphatic carbocycles. The Morgan fingerprint density at radius 2 is 1.36 bits per heavy atom. The highest BCUT2D eigenvalue weighted by atomic mass is 16.7. The second kappa shape index (κ2) is 22.3. The van der Waals surface area contributed by atoms with Crippen LogP contribution in [-0.2, 0) is 59.3 Å². The molecule has 0 unspecified atom stereocenters. The highest BCUT2D eigenvalue weighted by Gasteiger charge is 2.49. The molecule has 2 amide bonds. The van der Waals surface area contributed by atoms with Gasteiger partial charge >= 0.3 is 6.09 Å². The third-order valence-corrected chi connectivity index (χ3v) is 12.0. The van der Waals surface area contributed by atoms with Crippen LogP contribution in [0.25, 0.3) is 11.1 Å². The number of rotatable bonds is 20. The number of ketones is 1. The van der Waals surface area contributed by atoms with Crippen molar-refractivity contribution in [3.63, 3.8) is 0 Å². The Balaban J connectivity index is 1.05. The Hall–Kier alpha value is -6.25. The maximum atomic E-state index is 14.8. The molecule has 0 bridgehead atoms. The number of nitrogens with zero attached hydrogens (tertiary/aromatic N) is 1. The van der Waals surface area contributed by atoms with Crippen LogP contribution in [-0.4, -0.2) is 85.4 Å². The van der Waals surface area contributed by atoms with E-state index in [-0.39, 0.29) is 45.2 Å². The summed E-state index contributed by atoms with van der Waals surface area (Å²) in [5.74, 6) is -1.96. The van der Waals surface area contributed by atoms with Crippen LogP contribution in [0.4, 0.5) is 4.79 Å². The van der Waals surface area contributed by atoms with Gasteiger partial charge in [-0.1, -0.05) is 151 Å². The molecule has 2 aliphatic heterocycles. The summed E-state index contributed by atoms with van der Waals surface area (Å²) in [7, 11) is 1.52. The van der Waals surface area contributed by atoms with Gasteiger partial charge in [-0.2, -0.15) is 0 Å². The molecule has 0 radical (unpaired) electrons. The van der Waals surface area contributed by atoms with E-state index in [4.69, 9.17) is 32.8 Å². The van der Waals surface area contributed by atoms with E-state index >= 15 is 0 Å². The van der Waals surface area contributed by atoms with Crippen molar-refractivity contribution in [1.82, 2.24) is 4.90 Å². The summed E-state index contributed by atoms with van der Waals surface area (Å²) in [6.45, 7) is 2.36. The summed E-state index contributed by atoms with van der Waals surface area (Å²) in [5.41, 5.74) is 5.94. The van der Waals surface area contributed by atoms with Gasteiger partial charge in [0.15, 0.2) is 12.1 Å². The highest BCUT2D eigenvalue weighted by Crippen LogP contribution is 2.35. The first-order valence-electron chi connectivity index (χ1n) is 22.4. The van der Waals surface area contributed by atoms with Crippen molar-refractivity contribution >= 4 is 17.8 Å². The molecule has 2 fully saturated rings. The lowest BCUT2D eigenvalue weighted by atomic mass is 9.91. The van der Waals surface area contributed by atoms with Crippen molar-refractivity contribution in [3.8, 4) is 11.1 Å². The summed E-state index contributed by atoms with van der Waals surface area (Å²) < 4.78 is 43.6. The number of cyclic esters (lactones) is 1. The van der Waals surface area contributed by atoms with Gasteiger partial charge in [0.25, 0.3) is 0 Å². The Morgan fingerprint density at radius 3 is 1.98 bits per heavy atom. The second-order valence-corrected chi connectivity index (χ2v) is 16.6. The minimum atomic E-state index is -1.29. The van der Waals surface area contributed by atoms with Crippen LogP contribution in [0.1, 0.15) is 56.6 Å². The van der Waals surface area contributed by atoms with E-state index in [2.05, 4.69) is 0 Å². The lowest BCUT2D eigenvalue weighted by Crippen LogP contribution is -2.61. The average molecular weight is 894 g/mol. The highest BCUT2D eigenvalue weighted by molar-refractivity contribution is 6.12. The SMILES string of the molecule is CO[C@H]1O[C@H](CO)[C@@H](OCc2ccccc2)[C@H](OCc2ccccc2)[C@@H]1OCCCc1oc(C(=O)[C@H](Cc2ccccc2)C(=O)N2C(=O)OC[C@H]2c2ccccc2)cc1-c1cccc(C)c1. The zero-order valence-electron chi connectivity index (χ0n) is 37.1. The van der Waals surface area contributed by atoms with Crippen molar-refractivity contribution < 1.29 is 52.3 Å². The number of methoxy groups -OCH3 is 1. The summed E-state index contributed by atoms with van der Waals surface area (Å²) >= 11 is 0. The number of hydrogen-bond donors (Lipinski definition) is 1. The fourth-order valence-corrected chi connectivity index (χ4v) is 8.63. The number of benzene rings is 5. The number of ether oxygens (including phenoxy) is 6. The number of hydrogen-bond acceptors (Lipinski definition) is 11. The van der Waals surface area contributed by atoms with Crippen LogP contribution in [0.15, 0.2) is 156 Å². The first-order chi connectivity index (χ1) is 32.3. The van der Waals surface area contributed by atoms with Crippen molar-refractivity contribution in [2.45, 2.75) is 76.1 Å². The van der Waals surface area contributed by atoms with E-state index in [1.807, 2.05) is 153 Å². The maximum absolute atomic E-state index is 14.8. The smallest absolute Gasteiger partial charge is 0.417 e. The largest absolute Gasteiger partial charge is 0.457 e. The number of amides is 2. The molecule has 5 aromatic carbocycles. The van der Waals surface area contributed by atoms with Crippen LogP contribution < -0.4 is 0 Å². The molecule has 2 aliphatic rings. The number of aryl methyl sites for hydroxylation is 2. The van der Waals surface area contributed by atoms with Crippen LogP contribution in [0, 0.1) is 12.8 Å². The van der Waals surface area contributed by atoms with Gasteiger partial charge in [-0.25, -0.2) is 9.69 Å². The molecule has 12 heteroatoms. The minimum Gasteiger partial charge on any atom is -0.457 e. The van der Waals surface area contributed by atoms with Crippen LogP contribution in [0.5, 0.6) is 0 Å². The Labute approximate surface area is 385 Å². The number of aliphatic hydroxyl groups is 1. The molecule has 0 saturated carbocycles. The second-order valence-electron chi connectivity index (χ2n) is 16.6. The van der Waals surface area contributed by atoms with Crippen molar-refractivity contribution in [2.24, 2.45) is 5.92 Å². The standard InChI is InChI=1S/C54H55NO11/c1-36-17-15-26-41(29-36)42-31-46(48(57)43(30-37-18-7-3-8-19-37)52(58)55-44(35-64-54(55)59)40-24-13-6-14-25-40)65-45(42)27-16-28-61-51-50(63-34-39-22-11-5-12-23-39)49(47(32-56)66-53(51)60-2)62-33-38-20-9-4-10-21-38/h3-15,17-26,29,31,43-44,47,49-51,53,56H,16,27-28,30,32-35H2,1-2H3/t43-,44-,47+,49+,50-,51-,53-/m0/s1. The van der Waals surface area contributed by atoms with E-state index < -0.39 is 60.4 Å². The average Bonchev–Trinajstić information content (AvgIpc) is 3.97. The van der Waals surface area contributed by atoms with E-state index in [1.165, 1.54) is 7.11 Å². The third-order valence-electron chi connectivity index (χ3n) is 12.0. The fraction of sp³-hybridized carbons (Fsp3) is 0.315. The maximum Gasteiger partial charge on any atom is 0.417 e. The van der Waals surface area contributed by atoms with Gasteiger partial charge in [-0.05, 0) is 53.6 Å². The Morgan fingerprint density at radius 1 is 0.742 bits per heavy atom. The zero-order valence-corrected chi connectivity index (χ0v) is 37.1. The lowest BCUT2D eigenvalue weighted by molar-refractivity contribution is -0.319. The number of furan rings is 1. The van der Waals surface area contributed by atoms with E-state index in [9.17, 15) is 19.5 Å². The summed E-state index contributed by atoms with van der Waals surface area (Å²) in [4.78, 5) is 43.7. The van der Waals surface area contributed by atoms with Gasteiger partial charge in [-0.3, -0.25) is 9.59 Å². The molecule has 12 nitrogen and oxygen atoms in total. The molecule has 1 aromatic heterocycles. The first kappa shape index (κ1) is 46.3. The molecule has 66 heavy (non-hydrogen) atoms. The van der Waals surface area contributed by atoms with Gasteiger partial charge in [0.1, 0.15) is 48.7 Å². The lowest BCUT2D eigenvalue weighted by Gasteiger charge is -2.45. The number of carbonyl (C=O) groups is 3. The van der Waals surface area contributed by atoms with Crippen LogP contribution >= 0.6 is 0 Å². The number of Topliss-reactive ketones (excluding diaryl/α,β-unsaturated/α-hetero) is 1. The Bertz CT molecular complexity index is 2500. The quantitative estimate of drug-likeness (QED) is 0.0446. The number of imide groups is 1. The predicted molar refractivity (Wildman–Crippen MR) is 245 cm³/mol. The van der Waals surface area contributed by atoms with Crippen molar-refractivity contribution in [3.05, 3.63) is 191 Å². The van der Waals surface area contributed by atoms with Gasteiger partial charge in [0.2, 0.25) is 11.7 Å². The molecule has 3 heterocycles. The van der Waals surface area contributed by atoms with Gasteiger partial charge in [0, 0.05) is 25.7 Å². The van der Waals surface area contributed by atoms with Crippen LogP contribution in [0.2, 0.25) is 0 Å². The fourth-order valence-electron chi connectivity index (χ4n) is 8.63. The Kier molecular flexibility index (Phi) is 15.6. The topological polar surface area (TPSA) is 143 Å². The van der Waals surface area contributed by atoms with E-state index in [1.54, 1.807) is 6.07 Å². The molecule has 0 spiro atoms. The van der Waals surface area contributed by atoms with Gasteiger partial charge < -0.3 is 37.9 Å². The van der Waals surface area contributed by atoms with Crippen molar-refractivity contribution in [2.75, 3.05) is 26.9 Å². The molecular formula is C54H55NO11. The van der Waals surface area contributed by atoms with Crippen LogP contribution in [0.3, 0.4) is 0 Å². The monoisotopic (exact) mass is 893 g/mol. The molecule has 2 saturated heterocycles. The normalized spacial score (nSPS) is 21.1. The molecule has 7 atom stereocenters. The van der Waals surface area contributed by atoms with Gasteiger partial charge in [-0.15, -0.1) is 0 Å². The summed E-state index contributed by atoms with van der Waals surface area (Å²) in [6.07, 6.45) is -3.76. The number of carbonyl (C=O) groups excluding carboxylic acids is 3. The van der Waals surface area contributed by atoms with Crippen molar-refractivity contribution in [1.29, 1.82) is 0 Å². The van der Waals surface area contributed by atoms with Gasteiger partial charge in [0.05, 0.1) is 19.8 Å². The molecule has 6 aromatic rings. The molecule has 8 rings (SSSR count). The zero-order chi connectivity index (χ0) is 45.8. The summed E-state index contributed by atoms with van der Waals surface area (Å²) in [5, 5.41) is 10.5. The van der Waals surface area contributed by atoms with E-state index in [0.717, 1.165) is 38.3 Å². The molecule has 342 valence electrons. The summed E-state index contributed by atoms with van der Waals surface area (Å²) in [6, 6.07) is 46.8. The minimum absolute atomic E-state index is 0.00323. The molecule has 1 N–H and O–H groups in total. The van der Waals surface area contributed by atoms with E-state index in [0.29, 0.717) is 24.2 Å². The molecular weight excluding hydrogens is 839 g/mol. The number of aliphatic hydroxyl groups excluding tert-OH is 1. The third kappa shape index (κ3) is 11.0. The first-order valence-corrected chi connectivity index (χ1v) is 22.4.